The summed E-state index contributed by atoms with van der Waals surface area (Å²) in [5.74, 6) is -1.41. The van der Waals surface area contributed by atoms with E-state index in [0.29, 0.717) is 26.1 Å². The smallest absolute Gasteiger partial charge is 0.310 e. The third kappa shape index (κ3) is 9.38. The van der Waals surface area contributed by atoms with Gasteiger partial charge < -0.3 is 9.47 Å². The van der Waals surface area contributed by atoms with Gasteiger partial charge in [-0.05, 0) is 64.2 Å². The van der Waals surface area contributed by atoms with Crippen molar-refractivity contribution in [2.45, 2.75) is 78.1 Å². The minimum absolute atomic E-state index is 0.278. The van der Waals surface area contributed by atoms with Gasteiger partial charge in [-0.15, -0.1) is 0 Å². The Bertz CT molecular complexity index is 499. The lowest BCUT2D eigenvalue weighted by molar-refractivity contribution is -0.161. The molecule has 158 valence electrons. The maximum absolute atomic E-state index is 12.5. The summed E-state index contributed by atoms with van der Waals surface area (Å²) < 4.78 is 10.9. The highest BCUT2D eigenvalue weighted by Gasteiger charge is 2.36. The minimum atomic E-state index is -0.428. The number of unbranched alkanes of at least 4 members (excludes halogenated alkanes) is 2. The summed E-state index contributed by atoms with van der Waals surface area (Å²) in [5.41, 5.74) is 2.45. The van der Waals surface area contributed by atoms with Crippen molar-refractivity contribution < 1.29 is 19.1 Å². The molecule has 0 N–H and O–H groups in total. The van der Waals surface area contributed by atoms with Crippen molar-refractivity contribution in [2.24, 2.45) is 11.8 Å². The molecule has 0 aromatic rings. The van der Waals surface area contributed by atoms with Crippen LogP contribution in [0, 0.1) is 11.8 Å². The van der Waals surface area contributed by atoms with Crippen molar-refractivity contribution in [1.82, 2.24) is 0 Å². The largest absolute Gasteiger partial charge is 0.465 e. The molecule has 2 unspecified atom stereocenters. The molecule has 0 bridgehead atoms. The van der Waals surface area contributed by atoms with E-state index >= 15 is 0 Å². The van der Waals surface area contributed by atoms with Crippen molar-refractivity contribution in [2.75, 3.05) is 13.2 Å². The van der Waals surface area contributed by atoms with Gasteiger partial charge in [0.25, 0.3) is 0 Å². The van der Waals surface area contributed by atoms with Gasteiger partial charge in [0.2, 0.25) is 0 Å². The fourth-order valence-electron chi connectivity index (χ4n) is 3.20. The van der Waals surface area contributed by atoms with Gasteiger partial charge in [-0.3, -0.25) is 9.59 Å². The van der Waals surface area contributed by atoms with Gasteiger partial charge in [0.1, 0.15) is 0 Å². The van der Waals surface area contributed by atoms with Gasteiger partial charge in [-0.25, -0.2) is 0 Å². The molecular weight excluding hydrogens is 352 g/mol. The number of carbonyl (C=O) groups is 2. The molecular formula is C24H38O4. The standard InChI is InChI=1S/C24H38O4/c1-5-19(3)13-9-11-17-27-23(25)21-15-7-8-16-22(21)24(26)28-18-12-10-14-20(4)6-2/h7-8,21-22H,3-6,9-18H2,1-2H3. The predicted octanol–water partition coefficient (Wildman–Crippen LogP) is 5.93. The van der Waals surface area contributed by atoms with E-state index < -0.39 is 11.8 Å². The third-order valence-electron chi connectivity index (χ3n) is 5.38. The van der Waals surface area contributed by atoms with E-state index in [2.05, 4.69) is 27.0 Å². The number of hydrogen-bond donors (Lipinski definition) is 0. The molecule has 28 heavy (non-hydrogen) atoms. The Kier molecular flexibility index (Phi) is 12.3. The zero-order chi connectivity index (χ0) is 20.8. The summed E-state index contributed by atoms with van der Waals surface area (Å²) in [6, 6.07) is 0. The normalized spacial score (nSPS) is 18.5. The van der Waals surface area contributed by atoms with Crippen LogP contribution in [0.15, 0.2) is 36.5 Å². The van der Waals surface area contributed by atoms with Crippen LogP contribution in [0.4, 0.5) is 0 Å². The maximum atomic E-state index is 12.5. The molecule has 0 spiro atoms. The highest BCUT2D eigenvalue weighted by atomic mass is 16.5. The van der Waals surface area contributed by atoms with Crippen LogP contribution in [0.2, 0.25) is 0 Å². The van der Waals surface area contributed by atoms with Gasteiger partial charge in [-0.2, -0.15) is 0 Å². The van der Waals surface area contributed by atoms with Gasteiger partial charge >= 0.3 is 11.9 Å². The van der Waals surface area contributed by atoms with Crippen LogP contribution < -0.4 is 0 Å². The molecule has 4 nitrogen and oxygen atoms in total. The predicted molar refractivity (Wildman–Crippen MR) is 114 cm³/mol. The molecule has 0 saturated heterocycles. The molecule has 0 amide bonds. The van der Waals surface area contributed by atoms with E-state index in [1.165, 1.54) is 11.1 Å². The van der Waals surface area contributed by atoms with Crippen molar-refractivity contribution in [3.63, 3.8) is 0 Å². The van der Waals surface area contributed by atoms with Crippen LogP contribution in [-0.4, -0.2) is 25.2 Å². The van der Waals surface area contributed by atoms with Crippen LogP contribution in [0.3, 0.4) is 0 Å². The Morgan fingerprint density at radius 1 is 0.786 bits per heavy atom. The van der Waals surface area contributed by atoms with Gasteiger partial charge in [0.15, 0.2) is 0 Å². The molecule has 0 aromatic heterocycles. The van der Waals surface area contributed by atoms with Crippen LogP contribution in [-0.2, 0) is 19.1 Å². The Hall–Kier alpha value is -1.84. The summed E-state index contributed by atoms with van der Waals surface area (Å²) in [7, 11) is 0. The second-order valence-electron chi connectivity index (χ2n) is 7.61. The summed E-state index contributed by atoms with van der Waals surface area (Å²) in [4.78, 5) is 24.9. The molecule has 2 atom stereocenters. The number of esters is 2. The maximum Gasteiger partial charge on any atom is 0.310 e. The summed E-state index contributed by atoms with van der Waals surface area (Å²) in [5, 5.41) is 0. The van der Waals surface area contributed by atoms with Crippen molar-refractivity contribution in [3.8, 4) is 0 Å². The molecule has 0 aliphatic heterocycles. The summed E-state index contributed by atoms with van der Waals surface area (Å²) >= 11 is 0. The summed E-state index contributed by atoms with van der Waals surface area (Å²) in [6.45, 7) is 13.0. The Morgan fingerprint density at radius 3 is 1.54 bits per heavy atom. The molecule has 1 aliphatic carbocycles. The number of carbonyl (C=O) groups excluding carboxylic acids is 2. The molecule has 0 radical (unpaired) electrons. The SMILES string of the molecule is C=C(CC)CCCCOC(=O)C1CC=CCC1C(=O)OCCCCC(=C)CC. The van der Waals surface area contributed by atoms with E-state index in [1.807, 2.05) is 12.2 Å². The van der Waals surface area contributed by atoms with Gasteiger partial charge in [0, 0.05) is 0 Å². The van der Waals surface area contributed by atoms with Gasteiger partial charge in [-0.1, -0.05) is 50.3 Å². The van der Waals surface area contributed by atoms with E-state index in [-0.39, 0.29) is 11.9 Å². The lowest BCUT2D eigenvalue weighted by Crippen LogP contribution is -2.34. The summed E-state index contributed by atoms with van der Waals surface area (Å²) in [6.07, 6.45) is 12.5. The molecule has 1 aliphatic rings. The van der Waals surface area contributed by atoms with Crippen LogP contribution >= 0.6 is 0 Å². The van der Waals surface area contributed by atoms with E-state index in [9.17, 15) is 9.59 Å². The Balaban J connectivity index is 2.34. The Morgan fingerprint density at radius 2 is 1.18 bits per heavy atom. The van der Waals surface area contributed by atoms with Crippen LogP contribution in [0.5, 0.6) is 0 Å². The minimum Gasteiger partial charge on any atom is -0.465 e. The molecule has 0 heterocycles. The van der Waals surface area contributed by atoms with E-state index in [4.69, 9.17) is 9.47 Å². The lowest BCUT2D eigenvalue weighted by Gasteiger charge is -2.25. The van der Waals surface area contributed by atoms with Crippen molar-refractivity contribution >= 4 is 11.9 Å². The van der Waals surface area contributed by atoms with Gasteiger partial charge in [0.05, 0.1) is 25.0 Å². The zero-order valence-corrected chi connectivity index (χ0v) is 17.8. The third-order valence-corrected chi connectivity index (χ3v) is 5.38. The van der Waals surface area contributed by atoms with Crippen molar-refractivity contribution in [3.05, 3.63) is 36.5 Å². The average molecular weight is 391 g/mol. The highest BCUT2D eigenvalue weighted by Crippen LogP contribution is 2.28. The first-order chi connectivity index (χ1) is 13.5. The fourth-order valence-corrected chi connectivity index (χ4v) is 3.20. The molecule has 0 saturated carbocycles. The van der Waals surface area contributed by atoms with E-state index in [1.54, 1.807) is 0 Å². The molecule has 0 aromatic carbocycles. The highest BCUT2D eigenvalue weighted by molar-refractivity contribution is 5.82. The molecule has 4 heteroatoms. The second-order valence-corrected chi connectivity index (χ2v) is 7.61. The van der Waals surface area contributed by atoms with Crippen LogP contribution in [0.25, 0.3) is 0 Å². The van der Waals surface area contributed by atoms with E-state index in [0.717, 1.165) is 51.4 Å². The number of ether oxygens (including phenoxy) is 2. The first-order valence-corrected chi connectivity index (χ1v) is 10.8. The second kappa shape index (κ2) is 14.2. The number of hydrogen-bond acceptors (Lipinski definition) is 4. The molecule has 0 fully saturated rings. The lowest BCUT2D eigenvalue weighted by atomic mass is 9.83. The quantitative estimate of drug-likeness (QED) is 0.210. The number of allylic oxidation sites excluding steroid dienone is 4. The zero-order valence-electron chi connectivity index (χ0n) is 17.8. The molecule has 1 rings (SSSR count). The Labute approximate surface area is 171 Å². The average Bonchev–Trinajstić information content (AvgIpc) is 2.72. The van der Waals surface area contributed by atoms with Crippen molar-refractivity contribution in [1.29, 1.82) is 0 Å². The number of rotatable bonds is 14. The first kappa shape index (κ1) is 24.2. The topological polar surface area (TPSA) is 52.6 Å². The fraction of sp³-hybridized carbons (Fsp3) is 0.667. The monoisotopic (exact) mass is 390 g/mol. The first-order valence-electron chi connectivity index (χ1n) is 10.8. The van der Waals surface area contributed by atoms with Crippen LogP contribution in [0.1, 0.15) is 78.1 Å².